The van der Waals surface area contributed by atoms with E-state index in [4.69, 9.17) is 4.74 Å². The van der Waals surface area contributed by atoms with Crippen molar-refractivity contribution in [2.75, 3.05) is 13.7 Å². The van der Waals surface area contributed by atoms with Gasteiger partial charge < -0.3 is 14.7 Å². The van der Waals surface area contributed by atoms with Crippen LogP contribution in [0.4, 0.5) is 0 Å². The molecule has 1 fully saturated rings. The average molecular weight is 291 g/mol. The molecule has 1 heterocycles. The predicted molar refractivity (Wildman–Crippen MR) is 82.4 cm³/mol. The van der Waals surface area contributed by atoms with Crippen LogP contribution in [0.25, 0.3) is 0 Å². The molecule has 4 nitrogen and oxygen atoms in total. The number of rotatable bonds is 4. The third-order valence-electron chi connectivity index (χ3n) is 4.34. The van der Waals surface area contributed by atoms with Crippen LogP contribution in [-0.4, -0.2) is 41.2 Å². The van der Waals surface area contributed by atoms with E-state index < -0.39 is 5.60 Å². The first-order chi connectivity index (χ1) is 9.84. The second-order valence-electron chi connectivity index (χ2n) is 6.34. The first-order valence-corrected chi connectivity index (χ1v) is 7.51. The quantitative estimate of drug-likeness (QED) is 0.927. The van der Waals surface area contributed by atoms with Gasteiger partial charge in [0.05, 0.1) is 24.7 Å². The molecule has 1 aliphatic rings. The van der Waals surface area contributed by atoms with E-state index in [1.807, 2.05) is 36.1 Å². The zero-order valence-corrected chi connectivity index (χ0v) is 13.3. The van der Waals surface area contributed by atoms with Gasteiger partial charge in [-0.15, -0.1) is 0 Å². The molecule has 0 bridgehead atoms. The van der Waals surface area contributed by atoms with Crippen LogP contribution in [0.3, 0.4) is 0 Å². The predicted octanol–water partition coefficient (Wildman–Crippen LogP) is 2.56. The van der Waals surface area contributed by atoms with Crippen LogP contribution in [0.5, 0.6) is 5.75 Å². The molecule has 4 heteroatoms. The van der Waals surface area contributed by atoms with Gasteiger partial charge in [0.15, 0.2) is 0 Å². The molecule has 2 rings (SSSR count). The summed E-state index contributed by atoms with van der Waals surface area (Å²) in [6.07, 6.45) is 1.82. The topological polar surface area (TPSA) is 49.8 Å². The first kappa shape index (κ1) is 15.8. The van der Waals surface area contributed by atoms with E-state index in [9.17, 15) is 9.90 Å². The summed E-state index contributed by atoms with van der Waals surface area (Å²) in [5.41, 5.74) is 0.119. The van der Waals surface area contributed by atoms with Crippen LogP contribution in [0.15, 0.2) is 24.3 Å². The molecule has 1 aromatic carbocycles. The Morgan fingerprint density at radius 3 is 2.52 bits per heavy atom. The molecule has 0 aromatic heterocycles. The molecule has 2 atom stereocenters. The largest absolute Gasteiger partial charge is 0.497 e. The molecule has 0 spiro atoms. The highest BCUT2D eigenvalue weighted by molar-refractivity contribution is 5.84. The van der Waals surface area contributed by atoms with Crippen LogP contribution in [0.2, 0.25) is 0 Å². The fourth-order valence-electron chi connectivity index (χ4n) is 3.05. The van der Waals surface area contributed by atoms with Crippen LogP contribution in [0.1, 0.15) is 45.1 Å². The van der Waals surface area contributed by atoms with E-state index in [0.29, 0.717) is 0 Å². The number of hydrogen-bond donors (Lipinski definition) is 1. The maximum atomic E-state index is 12.7. The molecular formula is C17H25NO3. The lowest BCUT2D eigenvalue weighted by Crippen LogP contribution is -2.49. The van der Waals surface area contributed by atoms with Crippen molar-refractivity contribution < 1.29 is 14.6 Å². The molecule has 1 saturated heterocycles. The number of nitrogens with zero attached hydrogens (tertiary/aromatic N) is 1. The minimum absolute atomic E-state index is 0.0878. The van der Waals surface area contributed by atoms with Crippen LogP contribution in [-0.2, 0) is 4.79 Å². The average Bonchev–Trinajstić information content (AvgIpc) is 2.95. The summed E-state index contributed by atoms with van der Waals surface area (Å²) in [5.74, 6) is 0.664. The second-order valence-corrected chi connectivity index (χ2v) is 6.34. The fraction of sp³-hybridized carbons (Fsp3) is 0.588. The molecule has 1 aromatic rings. The molecular weight excluding hydrogens is 266 g/mol. The maximum absolute atomic E-state index is 12.7. The van der Waals surface area contributed by atoms with Gasteiger partial charge in [0, 0.05) is 6.54 Å². The Labute approximate surface area is 126 Å². The highest BCUT2D eigenvalue weighted by atomic mass is 16.5. The monoisotopic (exact) mass is 291 g/mol. The van der Waals surface area contributed by atoms with Gasteiger partial charge >= 0.3 is 0 Å². The third-order valence-corrected chi connectivity index (χ3v) is 4.34. The van der Waals surface area contributed by atoms with E-state index >= 15 is 0 Å². The van der Waals surface area contributed by atoms with Crippen molar-refractivity contribution in [2.24, 2.45) is 0 Å². The Hall–Kier alpha value is -1.55. The van der Waals surface area contributed by atoms with Gasteiger partial charge in [-0.3, -0.25) is 4.79 Å². The highest BCUT2D eigenvalue weighted by Crippen LogP contribution is 2.30. The van der Waals surface area contributed by atoms with Crippen molar-refractivity contribution in [1.29, 1.82) is 0 Å². The number of aliphatic hydroxyl groups is 1. The van der Waals surface area contributed by atoms with Crippen molar-refractivity contribution in [3.05, 3.63) is 29.8 Å². The summed E-state index contributed by atoms with van der Waals surface area (Å²) in [5, 5.41) is 10.2. The molecule has 21 heavy (non-hydrogen) atoms. The lowest BCUT2D eigenvalue weighted by molar-refractivity contribution is -0.137. The van der Waals surface area contributed by atoms with Crippen molar-refractivity contribution in [3.63, 3.8) is 0 Å². The van der Waals surface area contributed by atoms with Gasteiger partial charge in [-0.2, -0.15) is 0 Å². The van der Waals surface area contributed by atoms with Gasteiger partial charge in [-0.1, -0.05) is 12.1 Å². The van der Waals surface area contributed by atoms with Crippen molar-refractivity contribution >= 4 is 5.91 Å². The number of benzene rings is 1. The Morgan fingerprint density at radius 1 is 1.38 bits per heavy atom. The molecule has 0 radical (unpaired) electrons. The van der Waals surface area contributed by atoms with E-state index in [0.717, 1.165) is 30.7 Å². The Morgan fingerprint density at radius 2 is 2.00 bits per heavy atom. The summed E-state index contributed by atoms with van der Waals surface area (Å²) in [6, 6.07) is 7.51. The van der Waals surface area contributed by atoms with Gasteiger partial charge in [0.25, 0.3) is 0 Å². The van der Waals surface area contributed by atoms with Gasteiger partial charge in [-0.25, -0.2) is 0 Å². The minimum Gasteiger partial charge on any atom is -0.497 e. The van der Waals surface area contributed by atoms with E-state index in [1.165, 1.54) is 0 Å². The summed E-state index contributed by atoms with van der Waals surface area (Å²) >= 11 is 0. The molecule has 1 aliphatic heterocycles. The van der Waals surface area contributed by atoms with Gasteiger partial charge in [0.2, 0.25) is 5.91 Å². The number of carbonyl (C=O) groups excluding carboxylic acids is 1. The number of methoxy groups -OCH3 is 1. The maximum Gasteiger partial charge on any atom is 0.230 e. The van der Waals surface area contributed by atoms with Crippen molar-refractivity contribution in [1.82, 2.24) is 4.90 Å². The molecule has 0 aliphatic carbocycles. The SMILES string of the molecule is COc1ccc(C(C)C(=O)N2CCCC2C(C)(C)O)cc1. The van der Waals surface area contributed by atoms with Gasteiger partial charge in [0.1, 0.15) is 5.75 Å². The third kappa shape index (κ3) is 3.38. The first-order valence-electron chi connectivity index (χ1n) is 7.51. The fourth-order valence-corrected chi connectivity index (χ4v) is 3.05. The summed E-state index contributed by atoms with van der Waals surface area (Å²) in [4.78, 5) is 14.6. The summed E-state index contributed by atoms with van der Waals surface area (Å²) in [7, 11) is 1.63. The van der Waals surface area contributed by atoms with E-state index in [1.54, 1.807) is 21.0 Å². The van der Waals surface area contributed by atoms with Crippen molar-refractivity contribution in [2.45, 2.75) is 51.2 Å². The van der Waals surface area contributed by atoms with Crippen molar-refractivity contribution in [3.8, 4) is 5.75 Å². The summed E-state index contributed by atoms with van der Waals surface area (Å²) in [6.45, 7) is 6.21. The molecule has 2 unspecified atom stereocenters. The van der Waals surface area contributed by atoms with E-state index in [2.05, 4.69) is 0 Å². The Kier molecular flexibility index (Phi) is 4.57. The number of amides is 1. The molecule has 1 N–H and O–H groups in total. The zero-order valence-electron chi connectivity index (χ0n) is 13.3. The molecule has 1 amide bonds. The number of likely N-dealkylation sites (tertiary alicyclic amines) is 1. The van der Waals surface area contributed by atoms with E-state index in [-0.39, 0.29) is 17.9 Å². The second kappa shape index (κ2) is 6.06. The van der Waals surface area contributed by atoms with Gasteiger partial charge in [-0.05, 0) is 51.3 Å². The lowest BCUT2D eigenvalue weighted by atomic mass is 9.94. The van der Waals surface area contributed by atoms with Crippen LogP contribution in [0, 0.1) is 0 Å². The number of hydrogen-bond acceptors (Lipinski definition) is 3. The smallest absolute Gasteiger partial charge is 0.230 e. The normalized spacial score (nSPS) is 20.4. The minimum atomic E-state index is -0.855. The lowest BCUT2D eigenvalue weighted by Gasteiger charge is -2.35. The Balaban J connectivity index is 2.14. The zero-order chi connectivity index (χ0) is 15.6. The van der Waals surface area contributed by atoms with Crippen LogP contribution < -0.4 is 4.74 Å². The Bertz CT molecular complexity index is 490. The number of ether oxygens (including phenoxy) is 1. The summed E-state index contributed by atoms with van der Waals surface area (Å²) < 4.78 is 5.14. The highest BCUT2D eigenvalue weighted by Gasteiger charge is 2.39. The van der Waals surface area contributed by atoms with Crippen LogP contribution >= 0.6 is 0 Å². The standard InChI is InChI=1S/C17H25NO3/c1-12(13-7-9-14(21-4)10-8-13)16(19)18-11-5-6-15(18)17(2,3)20/h7-10,12,15,20H,5-6,11H2,1-4H3. The molecule has 116 valence electrons. The number of carbonyl (C=O) groups is 1. The molecule has 0 saturated carbocycles.